The molecule has 0 bridgehead atoms. The van der Waals surface area contributed by atoms with E-state index in [9.17, 15) is 0 Å². The second-order valence-corrected chi connectivity index (χ2v) is 9.46. The second-order valence-electron chi connectivity index (χ2n) is 9.46. The number of rotatable bonds is 36. The van der Waals surface area contributed by atoms with Gasteiger partial charge in [0.2, 0.25) is 0 Å². The molecule has 1 aliphatic rings. The molecule has 1 N–H and O–H groups in total. The SMILES string of the molecule is CCCCCCC(COCCOCCOCCOCCOCCOCCOCCOCCOCCO)OCC1CO1. The van der Waals surface area contributed by atoms with E-state index in [-0.39, 0.29) is 18.8 Å². The van der Waals surface area contributed by atoms with Crippen LogP contribution in [0.1, 0.15) is 39.0 Å². The summed E-state index contributed by atoms with van der Waals surface area (Å²) in [5.41, 5.74) is 0. The van der Waals surface area contributed by atoms with Crippen LogP contribution >= 0.6 is 0 Å². The molecule has 0 radical (unpaired) electrons. The minimum Gasteiger partial charge on any atom is -0.394 e. The Morgan fingerprint density at radius 1 is 0.561 bits per heavy atom. The van der Waals surface area contributed by atoms with E-state index >= 15 is 0 Å². The van der Waals surface area contributed by atoms with Gasteiger partial charge in [-0.2, -0.15) is 0 Å². The maximum absolute atomic E-state index is 8.58. The topological polar surface area (TPSA) is 125 Å². The van der Waals surface area contributed by atoms with Crippen molar-refractivity contribution in [1.29, 1.82) is 0 Å². The van der Waals surface area contributed by atoms with Gasteiger partial charge in [-0.05, 0) is 6.42 Å². The van der Waals surface area contributed by atoms with Crippen LogP contribution in [0, 0.1) is 0 Å². The molecule has 0 aromatic carbocycles. The van der Waals surface area contributed by atoms with E-state index in [1.54, 1.807) is 0 Å². The van der Waals surface area contributed by atoms with Crippen molar-refractivity contribution in [2.24, 2.45) is 0 Å². The van der Waals surface area contributed by atoms with Gasteiger partial charge in [-0.1, -0.05) is 32.6 Å². The Kier molecular flexibility index (Phi) is 30.5. The molecule has 41 heavy (non-hydrogen) atoms. The fraction of sp³-hybridized carbons (Fsp3) is 1.00. The summed E-state index contributed by atoms with van der Waals surface area (Å²) < 4.78 is 60.3. The molecule has 2 unspecified atom stereocenters. The molecule has 1 saturated heterocycles. The zero-order valence-electron chi connectivity index (χ0n) is 25.5. The highest BCUT2D eigenvalue weighted by Gasteiger charge is 2.24. The highest BCUT2D eigenvalue weighted by Crippen LogP contribution is 2.14. The molecule has 1 fully saturated rings. The molecule has 2 atom stereocenters. The number of epoxide rings is 1. The zero-order valence-corrected chi connectivity index (χ0v) is 25.5. The number of aliphatic hydroxyl groups excluding tert-OH is 1. The van der Waals surface area contributed by atoms with Gasteiger partial charge in [-0.25, -0.2) is 0 Å². The first kappa shape index (κ1) is 38.5. The van der Waals surface area contributed by atoms with Gasteiger partial charge in [0, 0.05) is 0 Å². The minimum absolute atomic E-state index is 0.0287. The summed E-state index contributed by atoms with van der Waals surface area (Å²) in [6.07, 6.45) is 6.38. The van der Waals surface area contributed by atoms with E-state index in [4.69, 9.17) is 57.2 Å². The minimum atomic E-state index is 0.0287. The smallest absolute Gasteiger partial charge is 0.104 e. The molecular formula is C29H58O12. The van der Waals surface area contributed by atoms with Crippen molar-refractivity contribution in [2.45, 2.75) is 51.2 Å². The summed E-state index contributed by atoms with van der Waals surface area (Å²) in [5.74, 6) is 0. The van der Waals surface area contributed by atoms with E-state index in [0.717, 1.165) is 13.0 Å². The summed E-state index contributed by atoms with van der Waals surface area (Å²) in [5, 5.41) is 8.58. The standard InChI is InChI=1S/C29H58O12/c1-2-3-4-5-6-28(40-26-29-27-41-29)25-39-24-23-38-22-21-37-20-19-36-18-17-35-16-15-34-14-13-33-12-11-32-10-9-31-8-7-30/h28-30H,2-27H2,1H3. The van der Waals surface area contributed by atoms with Crippen molar-refractivity contribution in [3.05, 3.63) is 0 Å². The Bertz CT molecular complexity index is 498. The van der Waals surface area contributed by atoms with Crippen LogP contribution in [0.3, 0.4) is 0 Å². The molecule has 0 amide bonds. The molecule has 0 aromatic rings. The van der Waals surface area contributed by atoms with E-state index in [2.05, 4.69) is 6.92 Å². The third-order valence-electron chi connectivity index (χ3n) is 5.82. The molecule has 246 valence electrons. The van der Waals surface area contributed by atoms with E-state index in [0.29, 0.717) is 126 Å². The third kappa shape index (κ3) is 30.8. The molecule has 0 aromatic heterocycles. The van der Waals surface area contributed by atoms with Gasteiger partial charge >= 0.3 is 0 Å². The molecule has 1 heterocycles. The van der Waals surface area contributed by atoms with Crippen molar-refractivity contribution in [2.75, 3.05) is 139 Å². The Labute approximate surface area is 247 Å². The van der Waals surface area contributed by atoms with Crippen LogP contribution in [0.15, 0.2) is 0 Å². The predicted octanol–water partition coefficient (Wildman–Crippen LogP) is 1.88. The normalized spacial score (nSPS) is 15.5. The second kappa shape index (κ2) is 32.4. The number of unbranched alkanes of at least 4 members (excludes halogenated alkanes) is 3. The lowest BCUT2D eigenvalue weighted by Crippen LogP contribution is -2.23. The number of ether oxygens (including phenoxy) is 11. The lowest BCUT2D eigenvalue weighted by molar-refractivity contribution is -0.0452. The van der Waals surface area contributed by atoms with Gasteiger partial charge in [-0.3, -0.25) is 0 Å². The fourth-order valence-corrected chi connectivity index (χ4v) is 3.46. The zero-order chi connectivity index (χ0) is 29.3. The lowest BCUT2D eigenvalue weighted by Gasteiger charge is -2.17. The first-order valence-corrected chi connectivity index (χ1v) is 15.4. The Balaban J connectivity index is 1.71. The van der Waals surface area contributed by atoms with Crippen molar-refractivity contribution < 1.29 is 57.2 Å². The molecular weight excluding hydrogens is 540 g/mol. The van der Waals surface area contributed by atoms with Gasteiger partial charge in [0.15, 0.2) is 0 Å². The summed E-state index contributed by atoms with van der Waals surface area (Å²) >= 11 is 0. The van der Waals surface area contributed by atoms with Crippen LogP contribution in [0.25, 0.3) is 0 Å². The largest absolute Gasteiger partial charge is 0.394 e. The number of hydrogen-bond acceptors (Lipinski definition) is 12. The van der Waals surface area contributed by atoms with Crippen molar-refractivity contribution in [3.63, 3.8) is 0 Å². The van der Waals surface area contributed by atoms with Crippen LogP contribution in [0.4, 0.5) is 0 Å². The quantitative estimate of drug-likeness (QED) is 0.0836. The van der Waals surface area contributed by atoms with Crippen LogP contribution in [-0.2, 0) is 52.1 Å². The van der Waals surface area contributed by atoms with Gasteiger partial charge in [0.25, 0.3) is 0 Å². The summed E-state index contributed by atoms with van der Waals surface area (Å²) in [4.78, 5) is 0. The van der Waals surface area contributed by atoms with Crippen molar-refractivity contribution in [3.8, 4) is 0 Å². The maximum atomic E-state index is 8.58. The summed E-state index contributed by atoms with van der Waals surface area (Å²) in [6.45, 7) is 12.9. The van der Waals surface area contributed by atoms with Crippen LogP contribution < -0.4 is 0 Å². The Hall–Kier alpha value is -0.480. The van der Waals surface area contributed by atoms with Gasteiger partial charge in [-0.15, -0.1) is 0 Å². The monoisotopic (exact) mass is 598 g/mol. The van der Waals surface area contributed by atoms with E-state index < -0.39 is 0 Å². The van der Waals surface area contributed by atoms with Crippen molar-refractivity contribution in [1.82, 2.24) is 0 Å². The average molecular weight is 599 g/mol. The van der Waals surface area contributed by atoms with Crippen LogP contribution in [0.2, 0.25) is 0 Å². The molecule has 0 spiro atoms. The highest BCUT2D eigenvalue weighted by atomic mass is 16.6. The number of hydrogen-bond donors (Lipinski definition) is 1. The molecule has 1 aliphatic heterocycles. The first-order chi connectivity index (χ1) is 20.4. The number of aliphatic hydroxyl groups is 1. The lowest BCUT2D eigenvalue weighted by atomic mass is 10.1. The van der Waals surface area contributed by atoms with Crippen LogP contribution in [0.5, 0.6) is 0 Å². The van der Waals surface area contributed by atoms with Crippen molar-refractivity contribution >= 4 is 0 Å². The van der Waals surface area contributed by atoms with Crippen LogP contribution in [-0.4, -0.2) is 156 Å². The molecule has 0 saturated carbocycles. The third-order valence-corrected chi connectivity index (χ3v) is 5.82. The van der Waals surface area contributed by atoms with E-state index in [1.165, 1.54) is 25.7 Å². The molecule has 12 heteroatoms. The first-order valence-electron chi connectivity index (χ1n) is 15.4. The molecule has 12 nitrogen and oxygen atoms in total. The van der Waals surface area contributed by atoms with Gasteiger partial charge in [0.1, 0.15) is 6.10 Å². The average Bonchev–Trinajstić information content (AvgIpc) is 3.82. The van der Waals surface area contributed by atoms with E-state index in [1.807, 2.05) is 0 Å². The van der Waals surface area contributed by atoms with Gasteiger partial charge in [0.05, 0.1) is 145 Å². The summed E-state index contributed by atoms with van der Waals surface area (Å²) in [6, 6.07) is 0. The molecule has 0 aliphatic carbocycles. The molecule has 1 rings (SSSR count). The Morgan fingerprint density at radius 2 is 0.951 bits per heavy atom. The Morgan fingerprint density at radius 3 is 1.32 bits per heavy atom. The summed E-state index contributed by atoms with van der Waals surface area (Å²) in [7, 11) is 0. The maximum Gasteiger partial charge on any atom is 0.104 e. The van der Waals surface area contributed by atoms with Gasteiger partial charge < -0.3 is 57.2 Å². The highest BCUT2D eigenvalue weighted by molar-refractivity contribution is 4.69. The predicted molar refractivity (Wildman–Crippen MR) is 153 cm³/mol. The fourth-order valence-electron chi connectivity index (χ4n) is 3.46.